The number of para-hydroxylation sites is 1. The molecular weight excluding hydrogens is 482 g/mol. The molecule has 9 unspecified atom stereocenters. The molecule has 1 aliphatic heterocycles. The van der Waals surface area contributed by atoms with Crippen LogP contribution in [0, 0.1) is 71.0 Å². The Morgan fingerprint density at radius 2 is 1.10 bits per heavy atom. The van der Waals surface area contributed by atoms with Gasteiger partial charge in [0.15, 0.2) is 0 Å². The molecule has 1 nitrogen and oxygen atoms in total. The molecule has 0 spiro atoms. The van der Waals surface area contributed by atoms with Crippen molar-refractivity contribution in [1.29, 1.82) is 0 Å². The van der Waals surface area contributed by atoms with E-state index in [4.69, 9.17) is 0 Å². The fourth-order valence-electron chi connectivity index (χ4n) is 10.5. The maximum absolute atomic E-state index is 4.51. The minimum atomic E-state index is 0.0547. The van der Waals surface area contributed by atoms with Crippen LogP contribution >= 0.6 is 0 Å². The number of benzene rings is 1. The average Bonchev–Trinajstić information content (AvgIpc) is 2.91. The smallest absolute Gasteiger partial charge is 0.0624 e. The quantitative estimate of drug-likeness (QED) is 0.375. The summed E-state index contributed by atoms with van der Waals surface area (Å²) in [6.07, 6.45) is 15.5. The molecule has 1 N–H and O–H groups in total. The highest BCUT2D eigenvalue weighted by molar-refractivity contribution is 5.83. The Balaban J connectivity index is 1.75. The van der Waals surface area contributed by atoms with Crippen molar-refractivity contribution in [3.05, 3.63) is 35.9 Å². The van der Waals surface area contributed by atoms with Crippen molar-refractivity contribution in [2.45, 2.75) is 126 Å². The maximum Gasteiger partial charge on any atom is 0.0624 e. The highest BCUT2D eigenvalue weighted by Gasteiger charge is 2.55. The highest BCUT2D eigenvalue weighted by Crippen LogP contribution is 2.58. The summed E-state index contributed by atoms with van der Waals surface area (Å²) in [6.45, 7) is 22.8. The first-order chi connectivity index (χ1) is 19.0. The zero-order valence-electron chi connectivity index (χ0n) is 27.7. The van der Waals surface area contributed by atoms with Crippen LogP contribution in [0.5, 0.6) is 0 Å². The van der Waals surface area contributed by atoms with Crippen LogP contribution in [0.1, 0.15) is 126 Å². The summed E-state index contributed by atoms with van der Waals surface area (Å²) in [6, 6.07) is 9.51. The number of hydrogen-bond donors (Lipinski definition) is 1. The van der Waals surface area contributed by atoms with Gasteiger partial charge in [0, 0.05) is 11.3 Å². The topological polar surface area (TPSA) is 12.0 Å². The van der Waals surface area contributed by atoms with Crippen LogP contribution in [0.25, 0.3) is 5.57 Å². The number of rotatable bonds is 6. The van der Waals surface area contributed by atoms with Gasteiger partial charge in [-0.05, 0) is 121 Å². The SMILES string of the molecule is CC1CCC(C(C)C)C(C2=CC(C3CC(C)CCC3C(C)C)(C3CC(C)CCC3C(C)C)Nc3ccccc32)C1. The zero-order chi connectivity index (χ0) is 28.8. The summed E-state index contributed by atoms with van der Waals surface area (Å²) < 4.78 is 0. The molecule has 3 saturated carbocycles. The number of allylic oxidation sites excluding steroid dienone is 1. The van der Waals surface area contributed by atoms with Crippen LogP contribution in [0.3, 0.4) is 0 Å². The molecule has 1 aromatic rings. The molecule has 9 atom stereocenters. The van der Waals surface area contributed by atoms with Gasteiger partial charge in [-0.15, -0.1) is 0 Å². The average molecular weight is 546 g/mol. The standard InChI is InChI=1S/C39H63N/c1-24(2)30-17-14-27(7)20-34(30)35-23-39(40-38-13-11-10-12-33(35)38,36-21-28(8)15-18-31(36)25(3)4)37-22-29(9)16-19-32(37)26(5)6/h10-13,23-32,34,36-37,40H,14-22H2,1-9H3. The first-order valence-electron chi connectivity index (χ1n) is 17.6. The summed E-state index contributed by atoms with van der Waals surface area (Å²) in [5.41, 5.74) is 4.76. The molecule has 3 fully saturated rings. The Labute approximate surface area is 248 Å². The predicted molar refractivity (Wildman–Crippen MR) is 175 cm³/mol. The molecule has 0 amide bonds. The normalized spacial score (nSPS) is 40.6. The van der Waals surface area contributed by atoms with Gasteiger partial charge in [0.1, 0.15) is 0 Å². The van der Waals surface area contributed by atoms with Gasteiger partial charge in [0.25, 0.3) is 0 Å². The van der Waals surface area contributed by atoms with E-state index < -0.39 is 0 Å². The minimum absolute atomic E-state index is 0.0547. The lowest BCUT2D eigenvalue weighted by molar-refractivity contribution is 0.0185. The molecular formula is C39H63N. The van der Waals surface area contributed by atoms with Gasteiger partial charge < -0.3 is 5.32 Å². The number of fused-ring (bicyclic) bond motifs is 1. The van der Waals surface area contributed by atoms with Crippen molar-refractivity contribution in [3.63, 3.8) is 0 Å². The Bertz CT molecular complexity index is 983. The fraction of sp³-hybridized carbons (Fsp3) is 0.795. The Hall–Kier alpha value is -1.24. The molecule has 40 heavy (non-hydrogen) atoms. The summed E-state index contributed by atoms with van der Waals surface area (Å²) in [7, 11) is 0. The third kappa shape index (κ3) is 5.71. The van der Waals surface area contributed by atoms with Crippen LogP contribution in [-0.2, 0) is 0 Å². The van der Waals surface area contributed by atoms with Gasteiger partial charge >= 0.3 is 0 Å². The van der Waals surface area contributed by atoms with Crippen molar-refractivity contribution >= 4 is 11.3 Å². The van der Waals surface area contributed by atoms with Crippen LogP contribution in [0.2, 0.25) is 0 Å². The van der Waals surface area contributed by atoms with Crippen LogP contribution < -0.4 is 5.32 Å². The molecule has 5 rings (SSSR count). The molecule has 0 bridgehead atoms. The van der Waals surface area contributed by atoms with Gasteiger partial charge in [-0.25, -0.2) is 0 Å². The molecule has 0 aromatic heterocycles. The van der Waals surface area contributed by atoms with E-state index in [0.29, 0.717) is 17.8 Å². The third-order valence-electron chi connectivity index (χ3n) is 12.7. The van der Waals surface area contributed by atoms with Gasteiger partial charge in [-0.2, -0.15) is 0 Å². The zero-order valence-corrected chi connectivity index (χ0v) is 27.7. The predicted octanol–water partition coefficient (Wildman–Crippen LogP) is 11.4. The Morgan fingerprint density at radius 1 is 0.625 bits per heavy atom. The first-order valence-corrected chi connectivity index (χ1v) is 17.6. The number of anilines is 1. The van der Waals surface area contributed by atoms with Crippen LogP contribution in [-0.4, -0.2) is 5.54 Å². The molecule has 4 aliphatic rings. The molecule has 1 heteroatoms. The van der Waals surface area contributed by atoms with Gasteiger partial charge in [0.2, 0.25) is 0 Å². The minimum Gasteiger partial charge on any atom is -0.375 e. The monoisotopic (exact) mass is 545 g/mol. The summed E-state index contributed by atoms with van der Waals surface area (Å²) in [5.74, 6) is 9.17. The Morgan fingerprint density at radius 3 is 1.62 bits per heavy atom. The molecule has 1 aromatic carbocycles. The van der Waals surface area contributed by atoms with E-state index in [1.54, 1.807) is 5.57 Å². The third-order valence-corrected chi connectivity index (χ3v) is 12.7. The van der Waals surface area contributed by atoms with E-state index in [1.807, 2.05) is 0 Å². The highest BCUT2D eigenvalue weighted by atomic mass is 15.0. The van der Waals surface area contributed by atoms with Crippen molar-refractivity contribution in [3.8, 4) is 0 Å². The number of hydrogen-bond acceptors (Lipinski definition) is 1. The number of nitrogens with one attached hydrogen (secondary N) is 1. The van der Waals surface area contributed by atoms with Gasteiger partial charge in [0.05, 0.1) is 5.54 Å². The van der Waals surface area contributed by atoms with Crippen molar-refractivity contribution in [2.75, 3.05) is 5.32 Å². The van der Waals surface area contributed by atoms with E-state index in [2.05, 4.69) is 98.0 Å². The van der Waals surface area contributed by atoms with Crippen molar-refractivity contribution in [1.82, 2.24) is 0 Å². The second kappa shape index (κ2) is 12.2. The largest absolute Gasteiger partial charge is 0.375 e. The second-order valence-corrected chi connectivity index (χ2v) is 16.5. The molecule has 224 valence electrons. The summed E-state index contributed by atoms with van der Waals surface area (Å²) >= 11 is 0. The molecule has 0 radical (unpaired) electrons. The second-order valence-electron chi connectivity index (χ2n) is 16.5. The van der Waals surface area contributed by atoms with Crippen molar-refractivity contribution in [2.24, 2.45) is 71.0 Å². The lowest BCUT2D eigenvalue weighted by atomic mass is 9.51. The Kier molecular flexibility index (Phi) is 9.19. The van der Waals surface area contributed by atoms with E-state index in [9.17, 15) is 0 Å². The van der Waals surface area contributed by atoms with Crippen LogP contribution in [0.4, 0.5) is 5.69 Å². The lowest BCUT2D eigenvalue weighted by Gasteiger charge is -2.58. The van der Waals surface area contributed by atoms with Crippen molar-refractivity contribution < 1.29 is 0 Å². The van der Waals surface area contributed by atoms with Gasteiger partial charge in [-0.3, -0.25) is 0 Å². The molecule has 3 aliphatic carbocycles. The fourth-order valence-corrected chi connectivity index (χ4v) is 10.5. The summed E-state index contributed by atoms with van der Waals surface area (Å²) in [4.78, 5) is 0. The van der Waals surface area contributed by atoms with E-state index in [-0.39, 0.29) is 5.54 Å². The maximum atomic E-state index is 4.51. The van der Waals surface area contributed by atoms with Crippen LogP contribution in [0.15, 0.2) is 30.3 Å². The van der Waals surface area contributed by atoms with E-state index >= 15 is 0 Å². The first kappa shape index (κ1) is 30.2. The lowest BCUT2D eigenvalue weighted by Crippen LogP contribution is -2.59. The summed E-state index contributed by atoms with van der Waals surface area (Å²) in [5, 5.41) is 4.51. The van der Waals surface area contributed by atoms with Gasteiger partial charge in [-0.1, -0.05) is 106 Å². The van der Waals surface area contributed by atoms with E-state index in [1.165, 1.54) is 69.0 Å². The molecule has 1 heterocycles. The van der Waals surface area contributed by atoms with E-state index in [0.717, 1.165) is 53.3 Å². The molecule has 0 saturated heterocycles.